The van der Waals surface area contributed by atoms with Crippen molar-refractivity contribution in [1.82, 2.24) is 0 Å². The lowest BCUT2D eigenvalue weighted by Crippen LogP contribution is -2.18. The van der Waals surface area contributed by atoms with E-state index in [0.717, 1.165) is 0 Å². The molecule has 0 heterocycles. The minimum atomic E-state index is -0.522. The standard InChI is InChI=1S/C16H20Cl2O4S4/c1-23-25-9-13(17)7-21-15(19)11-4-3-5-12(6-11)16(20)22-8-14(18)10-26-24-2/h3-6,13-14H,7-10H2,1-2H3. The average Bonchev–Trinajstić information content (AvgIpc) is 2.66. The lowest BCUT2D eigenvalue weighted by atomic mass is 10.1. The molecule has 4 nitrogen and oxygen atoms in total. The Bertz CT molecular complexity index is 532. The molecule has 26 heavy (non-hydrogen) atoms. The molecule has 1 rings (SSSR count). The molecule has 10 heteroatoms. The molecular formula is C16H20Cl2O4S4. The molecule has 0 aliphatic rings. The van der Waals surface area contributed by atoms with Gasteiger partial charge in [-0.25, -0.2) is 9.59 Å². The highest BCUT2D eigenvalue weighted by atomic mass is 35.5. The van der Waals surface area contributed by atoms with Crippen molar-refractivity contribution in [2.24, 2.45) is 0 Å². The molecule has 0 amide bonds. The first-order valence-corrected chi connectivity index (χ1v) is 13.8. The van der Waals surface area contributed by atoms with Gasteiger partial charge in [-0.3, -0.25) is 0 Å². The van der Waals surface area contributed by atoms with Crippen LogP contribution in [-0.2, 0) is 9.47 Å². The summed E-state index contributed by atoms with van der Waals surface area (Å²) < 4.78 is 10.4. The summed E-state index contributed by atoms with van der Waals surface area (Å²) in [6.07, 6.45) is 3.91. The quantitative estimate of drug-likeness (QED) is 0.231. The predicted molar refractivity (Wildman–Crippen MR) is 118 cm³/mol. The normalized spacial score (nSPS) is 13.1. The molecule has 146 valence electrons. The first-order valence-electron chi connectivity index (χ1n) is 7.51. The van der Waals surface area contributed by atoms with E-state index in [1.807, 2.05) is 12.5 Å². The Balaban J connectivity index is 2.52. The van der Waals surface area contributed by atoms with Crippen LogP contribution in [0.3, 0.4) is 0 Å². The van der Waals surface area contributed by atoms with Gasteiger partial charge in [-0.2, -0.15) is 0 Å². The van der Waals surface area contributed by atoms with Gasteiger partial charge in [-0.1, -0.05) is 49.2 Å². The Morgan fingerprint density at radius 2 is 1.35 bits per heavy atom. The second-order valence-electron chi connectivity index (χ2n) is 4.87. The number of halogens is 2. The molecule has 0 spiro atoms. The van der Waals surface area contributed by atoms with E-state index in [1.165, 1.54) is 6.07 Å². The van der Waals surface area contributed by atoms with E-state index in [4.69, 9.17) is 32.7 Å². The highest BCUT2D eigenvalue weighted by molar-refractivity contribution is 8.76. The monoisotopic (exact) mass is 474 g/mol. The summed E-state index contributed by atoms with van der Waals surface area (Å²) in [5.74, 6) is 0.310. The third-order valence-corrected chi connectivity index (χ3v) is 7.56. The molecule has 0 saturated heterocycles. The first-order chi connectivity index (χ1) is 12.5. The van der Waals surface area contributed by atoms with Crippen LogP contribution in [0.4, 0.5) is 0 Å². The molecule has 0 aliphatic carbocycles. The zero-order valence-electron chi connectivity index (χ0n) is 14.3. The maximum Gasteiger partial charge on any atom is 0.338 e. The Hall–Kier alpha value is 0.140. The van der Waals surface area contributed by atoms with Crippen LogP contribution < -0.4 is 0 Å². The van der Waals surface area contributed by atoms with E-state index in [2.05, 4.69) is 0 Å². The fourth-order valence-electron chi connectivity index (χ4n) is 1.65. The Morgan fingerprint density at radius 3 is 1.73 bits per heavy atom. The van der Waals surface area contributed by atoms with Gasteiger partial charge < -0.3 is 9.47 Å². The lowest BCUT2D eigenvalue weighted by Gasteiger charge is -2.11. The van der Waals surface area contributed by atoms with Crippen LogP contribution in [0.25, 0.3) is 0 Å². The van der Waals surface area contributed by atoms with Gasteiger partial charge >= 0.3 is 11.9 Å². The molecule has 0 radical (unpaired) electrons. The van der Waals surface area contributed by atoms with Crippen molar-refractivity contribution in [2.75, 3.05) is 37.2 Å². The largest absolute Gasteiger partial charge is 0.460 e. The van der Waals surface area contributed by atoms with E-state index in [0.29, 0.717) is 11.5 Å². The molecule has 2 atom stereocenters. The van der Waals surface area contributed by atoms with Crippen molar-refractivity contribution in [3.8, 4) is 0 Å². The van der Waals surface area contributed by atoms with Crippen molar-refractivity contribution >= 4 is 78.3 Å². The Kier molecular flexibility index (Phi) is 13.2. The van der Waals surface area contributed by atoms with E-state index < -0.39 is 11.9 Å². The zero-order chi connectivity index (χ0) is 19.4. The van der Waals surface area contributed by atoms with Crippen molar-refractivity contribution in [3.63, 3.8) is 0 Å². The maximum absolute atomic E-state index is 12.1. The van der Waals surface area contributed by atoms with Gasteiger partial charge in [-0.05, 0) is 30.7 Å². The van der Waals surface area contributed by atoms with Gasteiger partial charge in [0.1, 0.15) is 13.2 Å². The zero-order valence-corrected chi connectivity index (χ0v) is 19.1. The van der Waals surface area contributed by atoms with Crippen LogP contribution in [0.1, 0.15) is 20.7 Å². The van der Waals surface area contributed by atoms with E-state index in [9.17, 15) is 9.59 Å². The van der Waals surface area contributed by atoms with E-state index in [1.54, 1.807) is 61.4 Å². The number of alkyl halides is 2. The highest BCUT2D eigenvalue weighted by Gasteiger charge is 2.16. The van der Waals surface area contributed by atoms with Crippen molar-refractivity contribution in [2.45, 2.75) is 10.8 Å². The summed E-state index contributed by atoms with van der Waals surface area (Å²) in [5.41, 5.74) is 0.558. The van der Waals surface area contributed by atoms with Crippen LogP contribution in [0.2, 0.25) is 0 Å². The minimum absolute atomic E-state index is 0.115. The summed E-state index contributed by atoms with van der Waals surface area (Å²) >= 11 is 12.2. The summed E-state index contributed by atoms with van der Waals surface area (Å²) in [6, 6.07) is 6.22. The Labute approximate surface area is 180 Å². The van der Waals surface area contributed by atoms with Crippen LogP contribution in [0.5, 0.6) is 0 Å². The second-order valence-corrected chi connectivity index (χ2v) is 11.3. The third kappa shape index (κ3) is 9.90. The topological polar surface area (TPSA) is 52.6 Å². The average molecular weight is 476 g/mol. The van der Waals surface area contributed by atoms with Crippen LogP contribution in [0, 0.1) is 0 Å². The molecule has 0 aromatic heterocycles. The fraction of sp³-hybridized carbons (Fsp3) is 0.500. The van der Waals surface area contributed by atoms with Crippen LogP contribution in [0.15, 0.2) is 24.3 Å². The van der Waals surface area contributed by atoms with E-state index >= 15 is 0 Å². The van der Waals surface area contributed by atoms with Gasteiger partial charge in [0.2, 0.25) is 0 Å². The van der Waals surface area contributed by atoms with Crippen LogP contribution in [-0.4, -0.2) is 59.9 Å². The third-order valence-electron chi connectivity index (χ3n) is 2.86. The number of carbonyl (C=O) groups excluding carboxylic acids is 2. The number of rotatable bonds is 12. The summed E-state index contributed by atoms with van der Waals surface area (Å²) in [7, 11) is 6.41. The maximum atomic E-state index is 12.1. The van der Waals surface area contributed by atoms with Gasteiger partial charge in [0.25, 0.3) is 0 Å². The van der Waals surface area contributed by atoms with E-state index in [-0.39, 0.29) is 35.1 Å². The molecule has 0 fully saturated rings. The molecule has 0 bridgehead atoms. The minimum Gasteiger partial charge on any atom is -0.460 e. The summed E-state index contributed by atoms with van der Waals surface area (Å²) in [4.78, 5) is 24.2. The van der Waals surface area contributed by atoms with Gasteiger partial charge in [-0.15, -0.1) is 23.2 Å². The number of carbonyl (C=O) groups is 2. The predicted octanol–water partition coefficient (Wildman–Crippen LogP) is 5.24. The highest BCUT2D eigenvalue weighted by Crippen LogP contribution is 2.21. The number of hydrogen-bond donors (Lipinski definition) is 0. The molecule has 0 aliphatic heterocycles. The second kappa shape index (κ2) is 14.2. The molecule has 2 unspecified atom stereocenters. The number of benzene rings is 1. The number of esters is 2. The van der Waals surface area contributed by atoms with Gasteiger partial charge in [0, 0.05) is 11.5 Å². The van der Waals surface area contributed by atoms with Crippen molar-refractivity contribution < 1.29 is 19.1 Å². The van der Waals surface area contributed by atoms with Crippen LogP contribution >= 0.6 is 66.4 Å². The number of ether oxygens (including phenoxy) is 2. The first kappa shape index (κ1) is 24.2. The fourth-order valence-corrected chi connectivity index (χ4v) is 5.17. The lowest BCUT2D eigenvalue weighted by molar-refractivity contribution is 0.0508. The number of hydrogen-bond acceptors (Lipinski definition) is 8. The SMILES string of the molecule is CSSCC(Cl)COC(=O)c1cccc(C(=O)OCC(Cl)CSSC)c1. The molecular weight excluding hydrogens is 455 g/mol. The molecule has 1 aromatic carbocycles. The molecule has 0 saturated carbocycles. The Morgan fingerprint density at radius 1 is 0.923 bits per heavy atom. The molecule has 1 aromatic rings. The summed E-state index contributed by atoms with van der Waals surface area (Å²) in [5, 5.41) is -0.520. The molecule has 0 N–H and O–H groups in total. The van der Waals surface area contributed by atoms with Crippen molar-refractivity contribution in [3.05, 3.63) is 35.4 Å². The van der Waals surface area contributed by atoms with Gasteiger partial charge in [0.05, 0.1) is 21.9 Å². The smallest absolute Gasteiger partial charge is 0.338 e. The summed E-state index contributed by atoms with van der Waals surface area (Å²) in [6.45, 7) is 0.229. The van der Waals surface area contributed by atoms with Crippen molar-refractivity contribution in [1.29, 1.82) is 0 Å². The van der Waals surface area contributed by atoms with Gasteiger partial charge in [0.15, 0.2) is 0 Å².